The zero-order chi connectivity index (χ0) is 9.80. The van der Waals surface area contributed by atoms with Crippen LogP contribution >= 0.6 is 0 Å². The Bertz CT molecular complexity index is 324. The molecule has 14 heavy (non-hydrogen) atoms. The topological polar surface area (TPSA) is 53.9 Å². The average molecular weight is 192 g/mol. The van der Waals surface area contributed by atoms with Crippen molar-refractivity contribution in [2.45, 2.75) is 6.10 Å². The third kappa shape index (κ3) is 1.92. The molecule has 2 N–H and O–H groups in total. The van der Waals surface area contributed by atoms with Gasteiger partial charge in [0.15, 0.2) is 5.84 Å². The summed E-state index contributed by atoms with van der Waals surface area (Å²) in [7, 11) is 0. The fourth-order valence-corrected chi connectivity index (χ4v) is 1.24. The molecule has 0 fully saturated rings. The van der Waals surface area contributed by atoms with E-state index in [0.717, 1.165) is 11.4 Å². The number of nitrogens with zero attached hydrogens (tertiary/aromatic N) is 1. The maximum atomic E-state index is 8.81. The lowest BCUT2D eigenvalue weighted by atomic mass is 10.2. The van der Waals surface area contributed by atoms with E-state index in [1.54, 1.807) is 0 Å². The van der Waals surface area contributed by atoms with E-state index < -0.39 is 0 Å². The van der Waals surface area contributed by atoms with Gasteiger partial charge in [0.1, 0.15) is 6.10 Å². The second-order valence-electron chi connectivity index (χ2n) is 3.08. The largest absolute Gasteiger partial charge is 0.393 e. The first-order valence-electron chi connectivity index (χ1n) is 4.52. The number of hydroxylamine groups is 1. The maximum absolute atomic E-state index is 8.81. The van der Waals surface area contributed by atoms with Crippen LogP contribution in [-0.2, 0) is 4.84 Å². The summed E-state index contributed by atoms with van der Waals surface area (Å²) in [4.78, 5) is 9.44. The molecule has 74 valence electrons. The number of hydrogen-bond donors (Lipinski definition) is 2. The zero-order valence-corrected chi connectivity index (χ0v) is 7.68. The van der Waals surface area contributed by atoms with Crippen molar-refractivity contribution in [1.82, 2.24) is 5.48 Å². The summed E-state index contributed by atoms with van der Waals surface area (Å²) in [6.45, 7) is 0.478. The molecule has 4 heteroatoms. The van der Waals surface area contributed by atoms with E-state index in [1.807, 2.05) is 30.3 Å². The van der Waals surface area contributed by atoms with Crippen molar-refractivity contribution in [2.24, 2.45) is 4.99 Å². The molecule has 0 aliphatic carbocycles. The van der Waals surface area contributed by atoms with Crippen LogP contribution in [0.15, 0.2) is 35.3 Å². The van der Waals surface area contributed by atoms with Crippen LogP contribution in [0.25, 0.3) is 0 Å². The molecule has 0 aromatic heterocycles. The summed E-state index contributed by atoms with van der Waals surface area (Å²) >= 11 is 0. The number of nitrogens with one attached hydrogen (secondary N) is 1. The van der Waals surface area contributed by atoms with Gasteiger partial charge in [-0.25, -0.2) is 5.48 Å². The summed E-state index contributed by atoms with van der Waals surface area (Å²) in [5.41, 5.74) is 3.72. The molecule has 0 amide bonds. The van der Waals surface area contributed by atoms with Gasteiger partial charge in [-0.15, -0.1) is 0 Å². The van der Waals surface area contributed by atoms with Crippen molar-refractivity contribution < 1.29 is 9.94 Å². The minimum Gasteiger partial charge on any atom is -0.393 e. The Kier molecular flexibility index (Phi) is 2.76. The third-order valence-corrected chi connectivity index (χ3v) is 2.03. The highest BCUT2D eigenvalue weighted by atomic mass is 16.7. The second kappa shape index (κ2) is 4.21. The lowest BCUT2D eigenvalue weighted by molar-refractivity contribution is -0.0238. The van der Waals surface area contributed by atoms with Crippen LogP contribution in [0.3, 0.4) is 0 Å². The Balaban J connectivity index is 2.11. The smallest absolute Gasteiger partial charge is 0.152 e. The predicted molar refractivity (Wildman–Crippen MR) is 52.9 cm³/mol. The first-order chi connectivity index (χ1) is 6.90. The van der Waals surface area contributed by atoms with Crippen LogP contribution in [0.2, 0.25) is 0 Å². The molecule has 1 aliphatic rings. The van der Waals surface area contributed by atoms with Gasteiger partial charge in [-0.3, -0.25) is 9.83 Å². The Morgan fingerprint density at radius 1 is 1.43 bits per heavy atom. The number of benzene rings is 1. The number of amidine groups is 1. The summed E-state index contributed by atoms with van der Waals surface area (Å²) in [5.74, 6) is 0.718. The van der Waals surface area contributed by atoms with Gasteiger partial charge in [-0.2, -0.15) is 0 Å². The Morgan fingerprint density at radius 2 is 2.21 bits per heavy atom. The lowest BCUT2D eigenvalue weighted by Gasteiger charge is -2.21. The van der Waals surface area contributed by atoms with E-state index in [1.165, 1.54) is 0 Å². The van der Waals surface area contributed by atoms with Gasteiger partial charge >= 0.3 is 0 Å². The zero-order valence-electron chi connectivity index (χ0n) is 7.68. The molecule has 1 aromatic rings. The SMILES string of the molecule is OC[C@H]1CN=C(c2ccccc2)NO1. The first kappa shape index (κ1) is 9.18. The van der Waals surface area contributed by atoms with Crippen molar-refractivity contribution in [2.75, 3.05) is 13.2 Å². The highest BCUT2D eigenvalue weighted by Crippen LogP contribution is 2.04. The lowest BCUT2D eigenvalue weighted by Crippen LogP contribution is -2.39. The van der Waals surface area contributed by atoms with Crippen molar-refractivity contribution in [3.05, 3.63) is 35.9 Å². The van der Waals surface area contributed by atoms with Crippen LogP contribution in [0.4, 0.5) is 0 Å². The van der Waals surface area contributed by atoms with Crippen LogP contribution < -0.4 is 5.48 Å². The monoisotopic (exact) mass is 192 g/mol. The van der Waals surface area contributed by atoms with E-state index in [-0.39, 0.29) is 12.7 Å². The summed E-state index contributed by atoms with van der Waals surface area (Å²) in [6, 6.07) is 9.74. The van der Waals surface area contributed by atoms with Crippen molar-refractivity contribution in [3.63, 3.8) is 0 Å². The number of rotatable bonds is 2. The molecule has 0 radical (unpaired) electrons. The molecular weight excluding hydrogens is 180 g/mol. The van der Waals surface area contributed by atoms with E-state index in [4.69, 9.17) is 9.94 Å². The van der Waals surface area contributed by atoms with Gasteiger partial charge in [0, 0.05) is 5.56 Å². The number of hydrogen-bond acceptors (Lipinski definition) is 4. The summed E-state index contributed by atoms with van der Waals surface area (Å²) in [5, 5.41) is 8.81. The van der Waals surface area contributed by atoms with Crippen LogP contribution in [0, 0.1) is 0 Å². The molecule has 4 nitrogen and oxygen atoms in total. The van der Waals surface area contributed by atoms with Crippen LogP contribution in [-0.4, -0.2) is 30.2 Å². The van der Waals surface area contributed by atoms with Gasteiger partial charge in [0.25, 0.3) is 0 Å². The molecule has 1 aromatic carbocycles. The van der Waals surface area contributed by atoms with Gasteiger partial charge in [-0.1, -0.05) is 30.3 Å². The quantitative estimate of drug-likeness (QED) is 0.710. The van der Waals surface area contributed by atoms with E-state index >= 15 is 0 Å². The molecule has 0 spiro atoms. The van der Waals surface area contributed by atoms with Crippen LogP contribution in [0.5, 0.6) is 0 Å². The van der Waals surface area contributed by atoms with Gasteiger partial charge in [-0.05, 0) is 0 Å². The van der Waals surface area contributed by atoms with Gasteiger partial charge < -0.3 is 5.11 Å². The average Bonchev–Trinajstić information content (AvgIpc) is 2.30. The Hall–Kier alpha value is -1.39. The second-order valence-corrected chi connectivity index (χ2v) is 3.08. The number of aliphatic imine (C=N–C) groups is 1. The van der Waals surface area contributed by atoms with Crippen LogP contribution in [0.1, 0.15) is 5.56 Å². The molecule has 0 bridgehead atoms. The molecular formula is C10H12N2O2. The minimum atomic E-state index is -0.234. The Morgan fingerprint density at radius 3 is 2.79 bits per heavy atom. The molecule has 0 saturated heterocycles. The number of aliphatic hydroxyl groups excluding tert-OH is 1. The molecule has 1 atom stereocenters. The van der Waals surface area contributed by atoms with E-state index in [2.05, 4.69) is 10.5 Å². The predicted octanol–water partition coefficient (Wildman–Crippen LogP) is 0.329. The molecule has 2 rings (SSSR count). The fraction of sp³-hybridized carbons (Fsp3) is 0.300. The number of aliphatic hydroxyl groups is 1. The molecule has 0 unspecified atom stereocenters. The van der Waals surface area contributed by atoms with E-state index in [0.29, 0.717) is 6.54 Å². The van der Waals surface area contributed by atoms with Gasteiger partial charge in [0.2, 0.25) is 0 Å². The first-order valence-corrected chi connectivity index (χ1v) is 4.52. The van der Waals surface area contributed by atoms with Crippen molar-refractivity contribution in [3.8, 4) is 0 Å². The third-order valence-electron chi connectivity index (χ3n) is 2.03. The molecule has 1 aliphatic heterocycles. The highest BCUT2D eigenvalue weighted by molar-refractivity contribution is 5.98. The standard InChI is InChI=1S/C10H12N2O2/c13-7-9-6-11-10(12-14-9)8-4-2-1-3-5-8/h1-5,9,13H,6-7H2,(H,11,12)/t9-/m1/s1. The minimum absolute atomic E-state index is 0.0153. The normalized spacial score (nSPS) is 21.2. The van der Waals surface area contributed by atoms with Crippen molar-refractivity contribution >= 4 is 5.84 Å². The Labute approximate surface area is 82.2 Å². The summed E-state index contributed by atoms with van der Waals surface area (Å²) in [6.07, 6.45) is -0.234. The van der Waals surface area contributed by atoms with Crippen molar-refractivity contribution in [1.29, 1.82) is 0 Å². The maximum Gasteiger partial charge on any atom is 0.152 e. The van der Waals surface area contributed by atoms with E-state index in [9.17, 15) is 0 Å². The van der Waals surface area contributed by atoms with Gasteiger partial charge in [0.05, 0.1) is 13.2 Å². The molecule has 1 heterocycles. The summed E-state index contributed by atoms with van der Waals surface area (Å²) < 4.78 is 0. The highest BCUT2D eigenvalue weighted by Gasteiger charge is 2.15. The fourth-order valence-electron chi connectivity index (χ4n) is 1.24. The molecule has 0 saturated carbocycles.